The van der Waals surface area contributed by atoms with E-state index in [0.29, 0.717) is 55.2 Å². The maximum atomic E-state index is 14.7. The molecule has 0 bridgehead atoms. The van der Waals surface area contributed by atoms with Crippen LogP contribution in [0, 0.1) is 29.9 Å². The minimum atomic E-state index is -0.657. The van der Waals surface area contributed by atoms with Gasteiger partial charge in [-0.1, -0.05) is 0 Å². The second-order valence-corrected chi connectivity index (χ2v) is 8.83. The van der Waals surface area contributed by atoms with Crippen LogP contribution < -0.4 is 4.90 Å². The first-order chi connectivity index (χ1) is 15.8. The lowest BCUT2D eigenvalue weighted by molar-refractivity contribution is -0.134. The highest BCUT2D eigenvalue weighted by Crippen LogP contribution is 2.47. The van der Waals surface area contributed by atoms with Gasteiger partial charge in [0.1, 0.15) is 23.5 Å². The highest BCUT2D eigenvalue weighted by Gasteiger charge is 2.35. The number of benzene rings is 1. The van der Waals surface area contributed by atoms with Crippen molar-refractivity contribution in [2.45, 2.75) is 45.1 Å². The first-order valence-corrected chi connectivity index (χ1v) is 11.3. The molecular formula is C25H28F2N4O2. The van der Waals surface area contributed by atoms with Gasteiger partial charge in [0.05, 0.1) is 24.3 Å². The van der Waals surface area contributed by atoms with Crippen LogP contribution in [0.3, 0.4) is 0 Å². The Morgan fingerprint density at radius 1 is 1.30 bits per heavy atom. The molecule has 0 spiro atoms. The Morgan fingerprint density at radius 2 is 2.06 bits per heavy atom. The van der Waals surface area contributed by atoms with E-state index in [0.717, 1.165) is 24.6 Å². The van der Waals surface area contributed by atoms with E-state index >= 15 is 0 Å². The molecule has 1 amide bonds. The Bertz CT molecular complexity index is 1110. The van der Waals surface area contributed by atoms with Crippen LogP contribution in [0.25, 0.3) is 11.1 Å². The Balaban J connectivity index is 1.71. The number of pyridine rings is 1. The summed E-state index contributed by atoms with van der Waals surface area (Å²) in [7, 11) is 1.57. The number of methoxy groups -OCH3 is 1. The fourth-order valence-corrected chi connectivity index (χ4v) is 4.61. The molecule has 0 N–H and O–H groups in total. The number of amides is 1. The van der Waals surface area contributed by atoms with E-state index in [1.807, 2.05) is 23.6 Å². The molecule has 1 unspecified atom stereocenters. The summed E-state index contributed by atoms with van der Waals surface area (Å²) in [6.45, 7) is 5.81. The second kappa shape index (κ2) is 9.44. The number of aromatic nitrogens is 1. The number of anilines is 1. The Morgan fingerprint density at radius 3 is 2.67 bits per heavy atom. The number of carbonyl (C=O) groups excluding carboxylic acids is 1. The molecule has 8 heteroatoms. The van der Waals surface area contributed by atoms with Gasteiger partial charge in [0, 0.05) is 55.9 Å². The highest BCUT2D eigenvalue weighted by atomic mass is 19.1. The SMILES string of the molecule is COCCC(=O)N1CCN(c2nc(C3CC3)c(-c3ccc(F)cc3F)c(C)c2C#N)CC1C. The molecular weight excluding hydrogens is 426 g/mol. The number of piperazine rings is 1. The third kappa shape index (κ3) is 4.55. The zero-order valence-electron chi connectivity index (χ0n) is 19.2. The topological polar surface area (TPSA) is 69.5 Å². The molecule has 174 valence electrons. The van der Waals surface area contributed by atoms with Gasteiger partial charge in [0.25, 0.3) is 0 Å². The number of halogens is 2. The van der Waals surface area contributed by atoms with Crippen LogP contribution in [-0.2, 0) is 9.53 Å². The summed E-state index contributed by atoms with van der Waals surface area (Å²) in [5.41, 5.74) is 2.67. The minimum absolute atomic E-state index is 0.0460. The van der Waals surface area contributed by atoms with Crippen LogP contribution in [0.15, 0.2) is 18.2 Å². The maximum absolute atomic E-state index is 14.7. The standard InChI is InChI=1S/C25H28F2N4O2/c1-15-14-30(9-10-31(15)22(32)8-11-33-3)25-20(13-28)16(2)23(24(29-25)17-4-5-17)19-7-6-18(26)12-21(19)27/h6-7,12,15,17H,4-5,8-11,14H2,1-3H3. The molecule has 2 fully saturated rings. The smallest absolute Gasteiger partial charge is 0.225 e. The van der Waals surface area contributed by atoms with E-state index in [2.05, 4.69) is 6.07 Å². The molecule has 1 saturated carbocycles. The van der Waals surface area contributed by atoms with Crippen molar-refractivity contribution in [1.82, 2.24) is 9.88 Å². The van der Waals surface area contributed by atoms with E-state index in [4.69, 9.17) is 9.72 Å². The highest BCUT2D eigenvalue weighted by molar-refractivity contribution is 5.79. The lowest BCUT2D eigenvalue weighted by Gasteiger charge is -2.41. The van der Waals surface area contributed by atoms with Crippen molar-refractivity contribution in [2.75, 3.05) is 38.3 Å². The second-order valence-electron chi connectivity index (χ2n) is 8.83. The predicted molar refractivity (Wildman–Crippen MR) is 121 cm³/mol. The molecule has 1 aliphatic heterocycles. The van der Waals surface area contributed by atoms with Crippen LogP contribution in [0.2, 0.25) is 0 Å². The Labute approximate surface area is 192 Å². The fraction of sp³-hybridized carbons (Fsp3) is 0.480. The van der Waals surface area contributed by atoms with E-state index in [-0.39, 0.29) is 23.4 Å². The van der Waals surface area contributed by atoms with Crippen LogP contribution in [-0.4, -0.2) is 55.2 Å². The monoisotopic (exact) mass is 454 g/mol. The summed E-state index contributed by atoms with van der Waals surface area (Å²) in [4.78, 5) is 21.3. The van der Waals surface area contributed by atoms with Crippen molar-refractivity contribution in [3.8, 4) is 17.2 Å². The molecule has 1 aromatic heterocycles. The first-order valence-electron chi connectivity index (χ1n) is 11.3. The summed E-state index contributed by atoms with van der Waals surface area (Å²) in [6.07, 6.45) is 2.24. The van der Waals surface area contributed by atoms with Gasteiger partial charge in [0.2, 0.25) is 5.91 Å². The van der Waals surface area contributed by atoms with Gasteiger partial charge in [-0.15, -0.1) is 0 Å². The van der Waals surface area contributed by atoms with Crippen LogP contribution in [0.5, 0.6) is 0 Å². The predicted octanol–water partition coefficient (Wildman–Crippen LogP) is 4.16. The number of hydrogen-bond acceptors (Lipinski definition) is 5. The lowest BCUT2D eigenvalue weighted by atomic mass is 9.93. The molecule has 33 heavy (non-hydrogen) atoms. The number of hydrogen-bond donors (Lipinski definition) is 0. The van der Waals surface area contributed by atoms with Crippen molar-refractivity contribution < 1.29 is 18.3 Å². The molecule has 2 aromatic rings. The van der Waals surface area contributed by atoms with E-state index in [1.54, 1.807) is 7.11 Å². The maximum Gasteiger partial charge on any atom is 0.225 e. The van der Waals surface area contributed by atoms with Gasteiger partial charge in [-0.2, -0.15) is 5.26 Å². The summed E-state index contributed by atoms with van der Waals surface area (Å²) in [5.74, 6) is -0.466. The average molecular weight is 455 g/mol. The largest absolute Gasteiger partial charge is 0.384 e. The normalized spacial score (nSPS) is 18.4. The number of nitriles is 1. The van der Waals surface area contributed by atoms with E-state index < -0.39 is 11.6 Å². The molecule has 1 atom stereocenters. The van der Waals surface area contributed by atoms with Crippen LogP contribution in [0.4, 0.5) is 14.6 Å². The van der Waals surface area contributed by atoms with Crippen LogP contribution >= 0.6 is 0 Å². The van der Waals surface area contributed by atoms with Gasteiger partial charge >= 0.3 is 0 Å². The summed E-state index contributed by atoms with van der Waals surface area (Å²) in [5, 5.41) is 10.0. The Kier molecular flexibility index (Phi) is 6.61. The molecule has 6 nitrogen and oxygen atoms in total. The van der Waals surface area contributed by atoms with Crippen LogP contribution in [0.1, 0.15) is 48.9 Å². The number of carbonyl (C=O) groups is 1. The quantitative estimate of drug-likeness (QED) is 0.656. The van der Waals surface area contributed by atoms with Crippen molar-refractivity contribution in [1.29, 1.82) is 5.26 Å². The van der Waals surface area contributed by atoms with Crippen molar-refractivity contribution in [3.05, 3.63) is 46.7 Å². The zero-order chi connectivity index (χ0) is 23.7. The molecule has 2 aliphatic rings. The average Bonchev–Trinajstić information content (AvgIpc) is 3.63. The molecule has 0 radical (unpaired) electrons. The van der Waals surface area contributed by atoms with E-state index in [9.17, 15) is 18.8 Å². The molecule has 1 aliphatic carbocycles. The molecule has 4 rings (SSSR count). The zero-order valence-corrected chi connectivity index (χ0v) is 19.2. The van der Waals surface area contributed by atoms with Gasteiger partial charge < -0.3 is 14.5 Å². The minimum Gasteiger partial charge on any atom is -0.384 e. The van der Waals surface area contributed by atoms with Crippen molar-refractivity contribution in [3.63, 3.8) is 0 Å². The summed E-state index contributed by atoms with van der Waals surface area (Å²) in [6, 6.07) is 5.75. The third-order valence-corrected chi connectivity index (χ3v) is 6.50. The third-order valence-electron chi connectivity index (χ3n) is 6.50. The Hall–Kier alpha value is -3.05. The molecule has 1 aromatic carbocycles. The number of ether oxygens (including phenoxy) is 1. The van der Waals surface area contributed by atoms with Crippen molar-refractivity contribution in [2.24, 2.45) is 0 Å². The van der Waals surface area contributed by atoms with Gasteiger partial charge in [-0.3, -0.25) is 4.79 Å². The summed E-state index contributed by atoms with van der Waals surface area (Å²) >= 11 is 0. The van der Waals surface area contributed by atoms with E-state index in [1.165, 1.54) is 12.1 Å². The van der Waals surface area contributed by atoms with Crippen molar-refractivity contribution >= 4 is 11.7 Å². The van der Waals surface area contributed by atoms with Gasteiger partial charge in [-0.05, 0) is 44.4 Å². The molecule has 2 heterocycles. The fourth-order valence-electron chi connectivity index (χ4n) is 4.61. The van der Waals surface area contributed by atoms with Gasteiger partial charge in [-0.25, -0.2) is 13.8 Å². The first kappa shape index (κ1) is 23.1. The lowest BCUT2D eigenvalue weighted by Crippen LogP contribution is -2.54. The number of rotatable bonds is 6. The summed E-state index contributed by atoms with van der Waals surface area (Å²) < 4.78 is 33.3. The molecule has 1 saturated heterocycles. The van der Waals surface area contributed by atoms with Gasteiger partial charge in [0.15, 0.2) is 0 Å². The number of nitrogens with zero attached hydrogens (tertiary/aromatic N) is 4.